The van der Waals surface area contributed by atoms with Crippen LogP contribution in [0.1, 0.15) is 58.4 Å². The third-order valence-electron chi connectivity index (χ3n) is 6.56. The van der Waals surface area contributed by atoms with E-state index in [0.29, 0.717) is 11.1 Å². The maximum Gasteiger partial charge on any atom is 0.251 e. The Morgan fingerprint density at radius 2 is 1.55 bits per heavy atom. The van der Waals surface area contributed by atoms with Gasteiger partial charge in [-0.3, -0.25) is 14.5 Å². The standard InChI is InChI=1S/C26H33N3O2/c30-25(22-9-3-1-4-10-22)19-27-26(31)23-11-7-8-21(18-23)20-28-16-12-24(13-17-28)29-14-5-2-6-15-29/h1,3-4,7-11,18,24H,2,5-6,12-17,19-20H2,(H,27,31). The molecule has 2 aliphatic heterocycles. The highest BCUT2D eigenvalue weighted by Crippen LogP contribution is 2.22. The fourth-order valence-corrected chi connectivity index (χ4v) is 4.78. The average Bonchev–Trinajstić information content (AvgIpc) is 2.84. The van der Waals surface area contributed by atoms with Crippen molar-refractivity contribution in [1.82, 2.24) is 15.1 Å². The zero-order chi connectivity index (χ0) is 21.5. The van der Waals surface area contributed by atoms with Crippen molar-refractivity contribution in [2.45, 2.75) is 44.7 Å². The van der Waals surface area contributed by atoms with Crippen LogP contribution >= 0.6 is 0 Å². The number of Topliss-reactive ketones (excluding diaryl/α,β-unsaturated/α-hetero) is 1. The molecule has 31 heavy (non-hydrogen) atoms. The molecule has 2 fully saturated rings. The highest BCUT2D eigenvalue weighted by atomic mass is 16.2. The quantitative estimate of drug-likeness (QED) is 0.695. The van der Waals surface area contributed by atoms with Gasteiger partial charge < -0.3 is 10.2 Å². The van der Waals surface area contributed by atoms with Crippen LogP contribution < -0.4 is 5.32 Å². The van der Waals surface area contributed by atoms with E-state index in [1.807, 2.05) is 36.4 Å². The van der Waals surface area contributed by atoms with Crippen LogP contribution in [0.4, 0.5) is 0 Å². The lowest BCUT2D eigenvalue weighted by molar-refractivity contribution is 0.0893. The summed E-state index contributed by atoms with van der Waals surface area (Å²) in [5.74, 6) is -0.281. The minimum atomic E-state index is -0.199. The number of hydrogen-bond donors (Lipinski definition) is 1. The molecular formula is C26H33N3O2. The molecule has 164 valence electrons. The van der Waals surface area contributed by atoms with E-state index in [0.717, 1.165) is 31.2 Å². The molecule has 4 rings (SSSR count). The van der Waals surface area contributed by atoms with Gasteiger partial charge >= 0.3 is 0 Å². The maximum absolute atomic E-state index is 12.6. The fourth-order valence-electron chi connectivity index (χ4n) is 4.78. The summed E-state index contributed by atoms with van der Waals surface area (Å²) in [5.41, 5.74) is 2.38. The third kappa shape index (κ3) is 6.02. The van der Waals surface area contributed by atoms with Crippen molar-refractivity contribution in [2.24, 2.45) is 0 Å². The number of nitrogens with zero attached hydrogens (tertiary/aromatic N) is 2. The second-order valence-corrected chi connectivity index (χ2v) is 8.78. The number of carbonyl (C=O) groups excluding carboxylic acids is 2. The number of likely N-dealkylation sites (tertiary alicyclic amines) is 2. The molecule has 0 atom stereocenters. The van der Waals surface area contributed by atoms with E-state index in [4.69, 9.17) is 0 Å². The van der Waals surface area contributed by atoms with Crippen LogP contribution in [0.15, 0.2) is 54.6 Å². The summed E-state index contributed by atoms with van der Waals surface area (Å²) < 4.78 is 0. The fraction of sp³-hybridized carbons (Fsp3) is 0.462. The third-order valence-corrected chi connectivity index (χ3v) is 6.56. The average molecular weight is 420 g/mol. The number of carbonyl (C=O) groups is 2. The minimum Gasteiger partial charge on any atom is -0.345 e. The Balaban J connectivity index is 1.26. The minimum absolute atomic E-state index is 0.0110. The van der Waals surface area contributed by atoms with Crippen molar-refractivity contribution >= 4 is 11.7 Å². The van der Waals surface area contributed by atoms with E-state index in [1.54, 1.807) is 12.1 Å². The van der Waals surface area contributed by atoms with Gasteiger partial charge in [0.25, 0.3) is 5.91 Å². The summed E-state index contributed by atoms with van der Waals surface area (Å²) in [4.78, 5) is 30.0. The number of benzene rings is 2. The molecule has 0 aliphatic carbocycles. The van der Waals surface area contributed by atoms with Gasteiger partial charge in [0.05, 0.1) is 6.54 Å². The molecule has 1 N–H and O–H groups in total. The van der Waals surface area contributed by atoms with Gasteiger partial charge in [0.15, 0.2) is 5.78 Å². The van der Waals surface area contributed by atoms with Crippen LogP contribution in [-0.2, 0) is 6.54 Å². The number of ketones is 1. The number of piperidine rings is 2. The van der Waals surface area contributed by atoms with Crippen molar-refractivity contribution in [1.29, 1.82) is 0 Å². The normalized spacial score (nSPS) is 18.6. The first-order valence-corrected chi connectivity index (χ1v) is 11.6. The second kappa shape index (κ2) is 10.7. The zero-order valence-corrected chi connectivity index (χ0v) is 18.3. The van der Waals surface area contributed by atoms with E-state index in [1.165, 1.54) is 45.2 Å². The van der Waals surface area contributed by atoms with Gasteiger partial charge in [0, 0.05) is 23.7 Å². The van der Waals surface area contributed by atoms with Gasteiger partial charge in [-0.25, -0.2) is 0 Å². The van der Waals surface area contributed by atoms with Crippen molar-refractivity contribution in [3.63, 3.8) is 0 Å². The molecule has 2 aromatic carbocycles. The van der Waals surface area contributed by atoms with Gasteiger partial charge in [0.2, 0.25) is 0 Å². The SMILES string of the molecule is O=C(CNC(=O)c1cccc(CN2CCC(N3CCCCC3)CC2)c1)c1ccccc1. The molecule has 2 saturated heterocycles. The molecular weight excluding hydrogens is 386 g/mol. The first-order chi connectivity index (χ1) is 15.2. The summed E-state index contributed by atoms with van der Waals surface area (Å²) in [6, 6.07) is 17.6. The summed E-state index contributed by atoms with van der Waals surface area (Å²) in [7, 11) is 0. The summed E-state index contributed by atoms with van der Waals surface area (Å²) in [6.07, 6.45) is 6.57. The lowest BCUT2D eigenvalue weighted by Gasteiger charge is -2.40. The molecule has 0 radical (unpaired) electrons. The molecule has 2 heterocycles. The molecule has 0 bridgehead atoms. The Kier molecular flexibility index (Phi) is 7.49. The number of amides is 1. The van der Waals surface area contributed by atoms with Crippen LogP contribution in [0.3, 0.4) is 0 Å². The molecule has 5 nitrogen and oxygen atoms in total. The van der Waals surface area contributed by atoms with Crippen LogP contribution in [0.25, 0.3) is 0 Å². The van der Waals surface area contributed by atoms with E-state index in [2.05, 4.69) is 21.2 Å². The van der Waals surface area contributed by atoms with Gasteiger partial charge in [-0.1, -0.05) is 48.9 Å². The van der Waals surface area contributed by atoms with Crippen LogP contribution in [0.2, 0.25) is 0 Å². The van der Waals surface area contributed by atoms with Crippen LogP contribution in [-0.4, -0.2) is 60.3 Å². The molecule has 0 unspecified atom stereocenters. The van der Waals surface area contributed by atoms with Gasteiger partial charge in [-0.05, 0) is 69.6 Å². The Labute approximate surface area is 185 Å². The van der Waals surface area contributed by atoms with Gasteiger partial charge in [-0.2, -0.15) is 0 Å². The monoisotopic (exact) mass is 419 g/mol. The van der Waals surface area contributed by atoms with Crippen molar-refractivity contribution in [3.8, 4) is 0 Å². The first kappa shape index (κ1) is 21.7. The Morgan fingerprint density at radius 1 is 0.839 bits per heavy atom. The lowest BCUT2D eigenvalue weighted by Crippen LogP contribution is -2.46. The van der Waals surface area contributed by atoms with Crippen molar-refractivity contribution in [3.05, 3.63) is 71.3 Å². The van der Waals surface area contributed by atoms with Crippen molar-refractivity contribution in [2.75, 3.05) is 32.7 Å². The molecule has 0 saturated carbocycles. The predicted octanol–water partition coefficient (Wildman–Crippen LogP) is 3.75. The predicted molar refractivity (Wildman–Crippen MR) is 123 cm³/mol. The Bertz CT molecular complexity index is 869. The zero-order valence-electron chi connectivity index (χ0n) is 18.3. The largest absolute Gasteiger partial charge is 0.345 e. The first-order valence-electron chi connectivity index (χ1n) is 11.6. The highest BCUT2D eigenvalue weighted by molar-refractivity contribution is 6.02. The smallest absolute Gasteiger partial charge is 0.251 e. The summed E-state index contributed by atoms with van der Waals surface area (Å²) in [6.45, 7) is 5.66. The summed E-state index contributed by atoms with van der Waals surface area (Å²) >= 11 is 0. The van der Waals surface area contributed by atoms with Gasteiger partial charge in [0.1, 0.15) is 0 Å². The topological polar surface area (TPSA) is 52.7 Å². The van der Waals surface area contributed by atoms with E-state index < -0.39 is 0 Å². The van der Waals surface area contributed by atoms with Gasteiger partial charge in [-0.15, -0.1) is 0 Å². The van der Waals surface area contributed by atoms with E-state index in [-0.39, 0.29) is 18.2 Å². The number of hydrogen-bond acceptors (Lipinski definition) is 4. The Hall–Kier alpha value is -2.50. The molecule has 0 aromatic heterocycles. The second-order valence-electron chi connectivity index (χ2n) is 8.78. The molecule has 2 aromatic rings. The maximum atomic E-state index is 12.6. The van der Waals surface area contributed by atoms with Crippen molar-refractivity contribution < 1.29 is 9.59 Å². The molecule has 0 spiro atoms. The number of nitrogens with one attached hydrogen (secondary N) is 1. The highest BCUT2D eigenvalue weighted by Gasteiger charge is 2.25. The molecule has 5 heteroatoms. The van der Waals surface area contributed by atoms with Crippen LogP contribution in [0, 0.1) is 0 Å². The summed E-state index contributed by atoms with van der Waals surface area (Å²) in [5, 5.41) is 2.76. The Morgan fingerprint density at radius 3 is 2.29 bits per heavy atom. The number of rotatable bonds is 7. The van der Waals surface area contributed by atoms with Crippen LogP contribution in [0.5, 0.6) is 0 Å². The molecule has 1 amide bonds. The molecule has 2 aliphatic rings. The van der Waals surface area contributed by atoms with E-state index >= 15 is 0 Å². The lowest BCUT2D eigenvalue weighted by atomic mass is 9.99. The van der Waals surface area contributed by atoms with E-state index in [9.17, 15) is 9.59 Å².